The van der Waals surface area contributed by atoms with Crippen LogP contribution in [0.25, 0.3) is 0 Å². The van der Waals surface area contributed by atoms with Gasteiger partial charge in [-0.15, -0.1) is 0 Å². The lowest BCUT2D eigenvalue weighted by molar-refractivity contribution is 0.0697. The lowest BCUT2D eigenvalue weighted by atomic mass is 10.1. The second-order valence-electron chi connectivity index (χ2n) is 4.08. The molecule has 102 valence electrons. The van der Waals surface area contributed by atoms with Gasteiger partial charge in [0.2, 0.25) is 0 Å². The van der Waals surface area contributed by atoms with Gasteiger partial charge in [-0.3, -0.25) is 4.99 Å². The predicted octanol–water partition coefficient (Wildman–Crippen LogP) is 3.53. The van der Waals surface area contributed by atoms with Crippen molar-refractivity contribution in [1.82, 2.24) is 0 Å². The third-order valence-electron chi connectivity index (χ3n) is 2.67. The van der Waals surface area contributed by atoms with E-state index in [0.717, 1.165) is 5.69 Å². The third kappa shape index (κ3) is 3.45. The molecule has 0 amide bonds. The summed E-state index contributed by atoms with van der Waals surface area (Å²) in [6.07, 6.45) is 1.62. The van der Waals surface area contributed by atoms with E-state index in [0.29, 0.717) is 17.9 Å². The Hall–Kier alpha value is -2.62. The Bertz CT molecular complexity index is 621. The van der Waals surface area contributed by atoms with Gasteiger partial charge >= 0.3 is 5.97 Å². The summed E-state index contributed by atoms with van der Waals surface area (Å²) in [7, 11) is 0. The summed E-state index contributed by atoms with van der Waals surface area (Å²) in [5, 5.41) is 9.03. The quantitative estimate of drug-likeness (QED) is 0.845. The molecule has 0 aromatic heterocycles. The zero-order valence-corrected chi connectivity index (χ0v) is 11.1. The lowest BCUT2D eigenvalue weighted by Crippen LogP contribution is -2.01. The lowest BCUT2D eigenvalue weighted by Gasteiger charge is -2.07. The van der Waals surface area contributed by atoms with Crippen molar-refractivity contribution in [3.8, 4) is 5.75 Å². The molecule has 0 atom stereocenters. The molecule has 4 heteroatoms. The summed E-state index contributed by atoms with van der Waals surface area (Å²) in [6, 6.07) is 14.2. The first-order chi connectivity index (χ1) is 9.70. The van der Waals surface area contributed by atoms with Gasteiger partial charge in [0.25, 0.3) is 0 Å². The first-order valence-corrected chi connectivity index (χ1v) is 6.30. The Morgan fingerprint density at radius 3 is 2.65 bits per heavy atom. The molecule has 0 radical (unpaired) electrons. The van der Waals surface area contributed by atoms with Crippen molar-refractivity contribution in [2.75, 3.05) is 6.61 Å². The molecular weight excluding hydrogens is 254 g/mol. The maximum Gasteiger partial charge on any atom is 0.335 e. The molecular formula is C16H15NO3. The first-order valence-electron chi connectivity index (χ1n) is 6.30. The number of para-hydroxylation sites is 1. The molecule has 2 aromatic rings. The van der Waals surface area contributed by atoms with Crippen LogP contribution in [0.4, 0.5) is 5.69 Å². The summed E-state index contributed by atoms with van der Waals surface area (Å²) in [4.78, 5) is 15.3. The standard InChI is InChI=1S/C16H15NO3/c1-2-20-15-9-8-12(16(18)19)10-13(15)11-17-14-6-4-3-5-7-14/h3-11H,2H2,1H3,(H,18,19). The largest absolute Gasteiger partial charge is 0.493 e. The van der Waals surface area contributed by atoms with E-state index in [2.05, 4.69) is 4.99 Å². The molecule has 0 aliphatic heterocycles. The molecule has 0 aliphatic carbocycles. The van der Waals surface area contributed by atoms with Crippen molar-refractivity contribution in [2.45, 2.75) is 6.92 Å². The molecule has 0 fully saturated rings. The van der Waals surface area contributed by atoms with Crippen molar-refractivity contribution >= 4 is 17.9 Å². The van der Waals surface area contributed by atoms with Crippen molar-refractivity contribution in [3.63, 3.8) is 0 Å². The molecule has 0 unspecified atom stereocenters. The van der Waals surface area contributed by atoms with Crippen LogP contribution >= 0.6 is 0 Å². The summed E-state index contributed by atoms with van der Waals surface area (Å²) in [6.45, 7) is 2.39. The van der Waals surface area contributed by atoms with Crippen LogP contribution in [-0.4, -0.2) is 23.9 Å². The molecule has 0 aliphatic rings. The molecule has 0 bridgehead atoms. The normalized spacial score (nSPS) is 10.7. The fourth-order valence-corrected chi connectivity index (χ4v) is 1.73. The Morgan fingerprint density at radius 1 is 1.25 bits per heavy atom. The molecule has 0 heterocycles. The number of nitrogens with zero attached hydrogens (tertiary/aromatic N) is 1. The molecule has 2 rings (SSSR count). The van der Waals surface area contributed by atoms with Crippen LogP contribution in [0.15, 0.2) is 53.5 Å². The topological polar surface area (TPSA) is 58.9 Å². The number of hydrogen-bond acceptors (Lipinski definition) is 3. The van der Waals surface area contributed by atoms with E-state index in [-0.39, 0.29) is 5.56 Å². The van der Waals surface area contributed by atoms with E-state index >= 15 is 0 Å². The van der Waals surface area contributed by atoms with Crippen LogP contribution in [0, 0.1) is 0 Å². The van der Waals surface area contributed by atoms with E-state index < -0.39 is 5.97 Å². The fourth-order valence-electron chi connectivity index (χ4n) is 1.73. The van der Waals surface area contributed by atoms with E-state index in [9.17, 15) is 4.79 Å². The van der Waals surface area contributed by atoms with Gasteiger partial charge in [0.1, 0.15) is 5.75 Å². The number of ether oxygens (including phenoxy) is 1. The van der Waals surface area contributed by atoms with E-state index in [1.165, 1.54) is 6.07 Å². The number of hydrogen-bond donors (Lipinski definition) is 1. The van der Waals surface area contributed by atoms with Crippen LogP contribution < -0.4 is 4.74 Å². The predicted molar refractivity (Wildman–Crippen MR) is 78.3 cm³/mol. The molecule has 0 spiro atoms. The highest BCUT2D eigenvalue weighted by atomic mass is 16.5. The summed E-state index contributed by atoms with van der Waals surface area (Å²) < 4.78 is 5.48. The average molecular weight is 269 g/mol. The molecule has 0 saturated heterocycles. The van der Waals surface area contributed by atoms with Gasteiger partial charge in [0, 0.05) is 11.8 Å². The van der Waals surface area contributed by atoms with Crippen molar-refractivity contribution in [1.29, 1.82) is 0 Å². The van der Waals surface area contributed by atoms with Gasteiger partial charge in [-0.2, -0.15) is 0 Å². The Labute approximate surface area is 117 Å². The molecule has 1 N–H and O–H groups in total. The van der Waals surface area contributed by atoms with E-state index in [1.54, 1.807) is 18.3 Å². The summed E-state index contributed by atoms with van der Waals surface area (Å²) >= 11 is 0. The van der Waals surface area contributed by atoms with Crippen LogP contribution in [0.3, 0.4) is 0 Å². The minimum Gasteiger partial charge on any atom is -0.493 e. The van der Waals surface area contributed by atoms with Gasteiger partial charge in [-0.05, 0) is 37.3 Å². The zero-order valence-electron chi connectivity index (χ0n) is 11.1. The van der Waals surface area contributed by atoms with Crippen LogP contribution in [-0.2, 0) is 0 Å². The maximum atomic E-state index is 11.0. The van der Waals surface area contributed by atoms with E-state index in [4.69, 9.17) is 9.84 Å². The van der Waals surface area contributed by atoms with Gasteiger partial charge in [0.15, 0.2) is 0 Å². The number of benzene rings is 2. The molecule has 20 heavy (non-hydrogen) atoms. The van der Waals surface area contributed by atoms with Crippen molar-refractivity contribution in [3.05, 3.63) is 59.7 Å². The average Bonchev–Trinajstić information content (AvgIpc) is 2.47. The highest BCUT2D eigenvalue weighted by Crippen LogP contribution is 2.20. The number of carboxylic acid groups (broad SMARTS) is 1. The van der Waals surface area contributed by atoms with Crippen molar-refractivity contribution in [2.24, 2.45) is 4.99 Å². The van der Waals surface area contributed by atoms with Gasteiger partial charge in [-0.1, -0.05) is 18.2 Å². The number of rotatable bonds is 5. The molecule has 2 aromatic carbocycles. The Kier molecular flexibility index (Phi) is 4.50. The minimum atomic E-state index is -0.970. The number of carboxylic acids is 1. The number of aromatic carboxylic acids is 1. The maximum absolute atomic E-state index is 11.0. The molecule has 0 saturated carbocycles. The third-order valence-corrected chi connectivity index (χ3v) is 2.67. The highest BCUT2D eigenvalue weighted by molar-refractivity contribution is 5.93. The Balaban J connectivity index is 2.34. The SMILES string of the molecule is CCOc1ccc(C(=O)O)cc1C=Nc1ccccc1. The zero-order chi connectivity index (χ0) is 14.4. The summed E-state index contributed by atoms with van der Waals surface area (Å²) in [5.74, 6) is -0.348. The van der Waals surface area contributed by atoms with Crippen LogP contribution in [0.5, 0.6) is 5.75 Å². The van der Waals surface area contributed by atoms with Gasteiger partial charge in [0.05, 0.1) is 17.9 Å². The number of aliphatic imine (C=N–C) groups is 1. The van der Waals surface area contributed by atoms with Gasteiger partial charge in [-0.25, -0.2) is 4.79 Å². The fraction of sp³-hybridized carbons (Fsp3) is 0.125. The van der Waals surface area contributed by atoms with E-state index in [1.807, 2.05) is 37.3 Å². The second-order valence-corrected chi connectivity index (χ2v) is 4.08. The van der Waals surface area contributed by atoms with Crippen LogP contribution in [0.1, 0.15) is 22.8 Å². The Morgan fingerprint density at radius 2 is 2.00 bits per heavy atom. The second kappa shape index (κ2) is 6.52. The summed E-state index contributed by atoms with van der Waals surface area (Å²) in [5.41, 5.74) is 1.66. The monoisotopic (exact) mass is 269 g/mol. The minimum absolute atomic E-state index is 0.211. The van der Waals surface area contributed by atoms with Crippen LogP contribution in [0.2, 0.25) is 0 Å². The molecule has 4 nitrogen and oxygen atoms in total. The highest BCUT2D eigenvalue weighted by Gasteiger charge is 2.07. The van der Waals surface area contributed by atoms with Crippen molar-refractivity contribution < 1.29 is 14.6 Å². The smallest absolute Gasteiger partial charge is 0.335 e. The first kappa shape index (κ1) is 13.8. The number of carbonyl (C=O) groups is 1. The van der Waals surface area contributed by atoms with Gasteiger partial charge < -0.3 is 9.84 Å².